The SMILES string of the molecule is CCCCCCCCCCCCCC(=O)N(CCO)CC(=O)O. The lowest BCUT2D eigenvalue weighted by atomic mass is 10.1. The minimum atomic E-state index is -1.04. The molecule has 0 bridgehead atoms. The molecule has 0 saturated carbocycles. The minimum Gasteiger partial charge on any atom is -0.480 e. The third kappa shape index (κ3) is 14.2. The molecule has 0 aliphatic carbocycles. The van der Waals surface area contributed by atoms with Gasteiger partial charge in [0.15, 0.2) is 0 Å². The van der Waals surface area contributed by atoms with Crippen molar-refractivity contribution >= 4 is 11.9 Å². The molecule has 0 radical (unpaired) electrons. The Morgan fingerprint density at radius 1 is 0.826 bits per heavy atom. The van der Waals surface area contributed by atoms with Crippen molar-refractivity contribution in [3.63, 3.8) is 0 Å². The van der Waals surface area contributed by atoms with Crippen LogP contribution in [0.25, 0.3) is 0 Å². The molecule has 136 valence electrons. The van der Waals surface area contributed by atoms with E-state index >= 15 is 0 Å². The van der Waals surface area contributed by atoms with Gasteiger partial charge < -0.3 is 15.1 Å². The van der Waals surface area contributed by atoms with Crippen LogP contribution >= 0.6 is 0 Å². The van der Waals surface area contributed by atoms with Crippen molar-refractivity contribution in [1.82, 2.24) is 4.90 Å². The number of unbranched alkanes of at least 4 members (excludes halogenated alkanes) is 10. The van der Waals surface area contributed by atoms with Crippen molar-refractivity contribution < 1.29 is 19.8 Å². The van der Waals surface area contributed by atoms with Gasteiger partial charge >= 0.3 is 5.97 Å². The second-order valence-electron chi connectivity index (χ2n) is 6.22. The highest BCUT2D eigenvalue weighted by molar-refractivity contribution is 5.81. The lowest BCUT2D eigenvalue weighted by Gasteiger charge is -2.19. The fourth-order valence-electron chi connectivity index (χ4n) is 2.67. The largest absolute Gasteiger partial charge is 0.480 e. The number of carboxylic acid groups (broad SMARTS) is 1. The average molecular weight is 329 g/mol. The Labute approximate surface area is 141 Å². The summed E-state index contributed by atoms with van der Waals surface area (Å²) in [5.41, 5.74) is 0. The van der Waals surface area contributed by atoms with E-state index in [1.165, 1.54) is 56.3 Å². The van der Waals surface area contributed by atoms with E-state index < -0.39 is 5.97 Å². The van der Waals surface area contributed by atoms with Gasteiger partial charge in [-0.25, -0.2) is 0 Å². The molecule has 0 aliphatic rings. The maximum atomic E-state index is 11.9. The molecular formula is C18H35NO4. The Morgan fingerprint density at radius 3 is 1.74 bits per heavy atom. The van der Waals surface area contributed by atoms with Crippen LogP contribution in [0.15, 0.2) is 0 Å². The van der Waals surface area contributed by atoms with Crippen LogP contribution in [-0.4, -0.2) is 46.7 Å². The quantitative estimate of drug-likeness (QED) is 0.424. The number of aliphatic carboxylic acids is 1. The number of carbonyl (C=O) groups is 2. The first-order valence-electron chi connectivity index (χ1n) is 9.22. The van der Waals surface area contributed by atoms with Crippen LogP contribution in [0.5, 0.6) is 0 Å². The van der Waals surface area contributed by atoms with Gasteiger partial charge in [0.25, 0.3) is 0 Å². The molecule has 5 nitrogen and oxygen atoms in total. The van der Waals surface area contributed by atoms with Crippen LogP contribution in [0.2, 0.25) is 0 Å². The molecule has 23 heavy (non-hydrogen) atoms. The van der Waals surface area contributed by atoms with E-state index in [0.717, 1.165) is 19.3 Å². The van der Waals surface area contributed by atoms with E-state index in [1.54, 1.807) is 0 Å². The Kier molecular flexibility index (Phi) is 15.0. The third-order valence-corrected chi connectivity index (χ3v) is 4.04. The summed E-state index contributed by atoms with van der Waals surface area (Å²) < 4.78 is 0. The smallest absolute Gasteiger partial charge is 0.323 e. The molecule has 2 N–H and O–H groups in total. The van der Waals surface area contributed by atoms with E-state index in [0.29, 0.717) is 6.42 Å². The maximum Gasteiger partial charge on any atom is 0.323 e. The topological polar surface area (TPSA) is 77.8 Å². The summed E-state index contributed by atoms with van der Waals surface area (Å²) in [7, 11) is 0. The van der Waals surface area contributed by atoms with Crippen LogP contribution in [0.4, 0.5) is 0 Å². The number of hydrogen-bond donors (Lipinski definition) is 2. The summed E-state index contributed by atoms with van der Waals surface area (Å²) in [5.74, 6) is -1.21. The number of aliphatic hydroxyl groups excluding tert-OH is 1. The van der Waals surface area contributed by atoms with Crippen LogP contribution in [0, 0.1) is 0 Å². The van der Waals surface area contributed by atoms with Crippen molar-refractivity contribution in [1.29, 1.82) is 0 Å². The predicted octanol–water partition coefficient (Wildman–Crippen LogP) is 3.59. The van der Waals surface area contributed by atoms with E-state index in [1.807, 2.05) is 0 Å². The van der Waals surface area contributed by atoms with Crippen molar-refractivity contribution in [2.75, 3.05) is 19.7 Å². The standard InChI is InChI=1S/C18H35NO4/c1-2-3-4-5-6-7-8-9-10-11-12-13-17(21)19(14-15-20)16-18(22)23/h20H,2-16H2,1H3,(H,22,23). The number of aliphatic hydroxyl groups is 1. The van der Waals surface area contributed by atoms with Crippen LogP contribution in [0.1, 0.15) is 84.0 Å². The summed E-state index contributed by atoms with van der Waals surface area (Å²) in [6.07, 6.45) is 13.8. The highest BCUT2D eigenvalue weighted by Gasteiger charge is 2.15. The zero-order valence-corrected chi connectivity index (χ0v) is 14.8. The number of hydrogen-bond acceptors (Lipinski definition) is 3. The van der Waals surface area contributed by atoms with E-state index in [4.69, 9.17) is 10.2 Å². The third-order valence-electron chi connectivity index (χ3n) is 4.04. The number of rotatable bonds is 16. The molecule has 0 aromatic heterocycles. The van der Waals surface area contributed by atoms with Gasteiger partial charge in [0.2, 0.25) is 5.91 Å². The van der Waals surface area contributed by atoms with Gasteiger partial charge in [0.1, 0.15) is 6.54 Å². The van der Waals surface area contributed by atoms with E-state index in [-0.39, 0.29) is 25.6 Å². The first-order chi connectivity index (χ1) is 11.1. The summed E-state index contributed by atoms with van der Waals surface area (Å²) in [5, 5.41) is 17.6. The van der Waals surface area contributed by atoms with Gasteiger partial charge in [0, 0.05) is 13.0 Å². The van der Waals surface area contributed by atoms with Crippen molar-refractivity contribution in [3.8, 4) is 0 Å². The average Bonchev–Trinajstić information content (AvgIpc) is 2.51. The van der Waals surface area contributed by atoms with Gasteiger partial charge in [-0.2, -0.15) is 0 Å². The molecule has 0 aromatic carbocycles. The van der Waals surface area contributed by atoms with Gasteiger partial charge in [-0.3, -0.25) is 9.59 Å². The normalized spacial score (nSPS) is 10.7. The fourth-order valence-corrected chi connectivity index (χ4v) is 2.67. The minimum absolute atomic E-state index is 0.100. The Morgan fingerprint density at radius 2 is 1.30 bits per heavy atom. The van der Waals surface area contributed by atoms with Crippen molar-refractivity contribution in [2.24, 2.45) is 0 Å². The van der Waals surface area contributed by atoms with Gasteiger partial charge in [0.05, 0.1) is 6.61 Å². The van der Waals surface area contributed by atoms with Crippen LogP contribution < -0.4 is 0 Å². The molecule has 0 saturated heterocycles. The van der Waals surface area contributed by atoms with Crippen molar-refractivity contribution in [3.05, 3.63) is 0 Å². The molecule has 0 aromatic rings. The monoisotopic (exact) mass is 329 g/mol. The number of amides is 1. The Hall–Kier alpha value is -1.10. The Bertz CT molecular complexity index is 307. The molecule has 1 amide bonds. The number of carbonyl (C=O) groups excluding carboxylic acids is 1. The van der Waals surface area contributed by atoms with E-state index in [2.05, 4.69) is 6.92 Å². The second kappa shape index (κ2) is 15.8. The summed E-state index contributed by atoms with van der Waals surface area (Å²) in [6.45, 7) is 1.81. The zero-order valence-electron chi connectivity index (χ0n) is 14.8. The summed E-state index contributed by atoms with van der Waals surface area (Å²) >= 11 is 0. The number of nitrogens with zero attached hydrogens (tertiary/aromatic N) is 1. The van der Waals surface area contributed by atoms with E-state index in [9.17, 15) is 9.59 Å². The van der Waals surface area contributed by atoms with Crippen LogP contribution in [0.3, 0.4) is 0 Å². The lowest BCUT2D eigenvalue weighted by Crippen LogP contribution is -2.37. The highest BCUT2D eigenvalue weighted by atomic mass is 16.4. The molecular weight excluding hydrogens is 294 g/mol. The van der Waals surface area contributed by atoms with Crippen molar-refractivity contribution in [2.45, 2.75) is 84.0 Å². The molecule has 0 atom stereocenters. The maximum absolute atomic E-state index is 11.9. The first-order valence-corrected chi connectivity index (χ1v) is 9.22. The number of carboxylic acids is 1. The zero-order chi connectivity index (χ0) is 17.3. The first kappa shape index (κ1) is 21.9. The molecule has 5 heteroatoms. The van der Waals surface area contributed by atoms with Crippen LogP contribution in [-0.2, 0) is 9.59 Å². The molecule has 0 rings (SSSR count). The Balaban J connectivity index is 3.51. The molecule has 0 unspecified atom stereocenters. The van der Waals surface area contributed by atoms with Gasteiger partial charge in [-0.1, -0.05) is 71.1 Å². The predicted molar refractivity (Wildman–Crippen MR) is 92.4 cm³/mol. The molecule has 0 fully saturated rings. The second-order valence-corrected chi connectivity index (χ2v) is 6.22. The molecule has 0 heterocycles. The van der Waals surface area contributed by atoms with Gasteiger partial charge in [-0.05, 0) is 6.42 Å². The summed E-state index contributed by atoms with van der Waals surface area (Å²) in [6, 6.07) is 0. The fraction of sp³-hybridized carbons (Fsp3) is 0.889. The summed E-state index contributed by atoms with van der Waals surface area (Å²) in [4.78, 5) is 23.8. The molecule has 0 spiro atoms. The lowest BCUT2D eigenvalue weighted by molar-refractivity contribution is -0.144. The highest BCUT2D eigenvalue weighted by Crippen LogP contribution is 2.12. The molecule has 0 aliphatic heterocycles. The van der Waals surface area contributed by atoms with Gasteiger partial charge in [-0.15, -0.1) is 0 Å².